The van der Waals surface area contributed by atoms with Crippen molar-refractivity contribution in [2.75, 3.05) is 12.8 Å². The summed E-state index contributed by atoms with van der Waals surface area (Å²) in [6.45, 7) is -0.303. The highest BCUT2D eigenvalue weighted by Crippen LogP contribution is 2.22. The number of hydrogen-bond acceptors (Lipinski definition) is 5. The summed E-state index contributed by atoms with van der Waals surface area (Å²) < 4.78 is 49.0. The van der Waals surface area contributed by atoms with Crippen LogP contribution in [-0.4, -0.2) is 40.7 Å². The summed E-state index contributed by atoms with van der Waals surface area (Å²) >= 11 is 5.74. The highest BCUT2D eigenvalue weighted by atomic mass is 35.5. The second-order valence-electron chi connectivity index (χ2n) is 4.36. The highest BCUT2D eigenvalue weighted by Gasteiger charge is 2.21. The van der Waals surface area contributed by atoms with Gasteiger partial charge in [0.25, 0.3) is 0 Å². The summed E-state index contributed by atoms with van der Waals surface area (Å²) in [4.78, 5) is 10.1. The Balaban J connectivity index is 3.14. The molecule has 118 valence electrons. The zero-order chi connectivity index (χ0) is 16.3. The number of sulfonamides is 1. The van der Waals surface area contributed by atoms with Crippen molar-refractivity contribution in [3.05, 3.63) is 28.8 Å². The van der Waals surface area contributed by atoms with Crippen molar-refractivity contribution < 1.29 is 26.7 Å². The van der Waals surface area contributed by atoms with Gasteiger partial charge in [-0.05, 0) is 17.7 Å². The largest absolute Gasteiger partial charge is 0.481 e. The van der Waals surface area contributed by atoms with Gasteiger partial charge in [-0.2, -0.15) is 0 Å². The smallest absolute Gasteiger partial charge is 0.304 e. The van der Waals surface area contributed by atoms with E-state index in [4.69, 9.17) is 16.7 Å². The molecule has 2 N–H and O–H groups in total. The zero-order valence-electron chi connectivity index (χ0n) is 11.0. The topological polar surface area (TPSA) is 118 Å². The number of carbonyl (C=O) groups is 1. The first-order valence-electron chi connectivity index (χ1n) is 5.69. The third kappa shape index (κ3) is 6.00. The first kappa shape index (κ1) is 17.9. The van der Waals surface area contributed by atoms with Gasteiger partial charge in [0, 0.05) is 17.8 Å². The summed E-state index contributed by atoms with van der Waals surface area (Å²) in [6.07, 6.45) is 0.594. The van der Waals surface area contributed by atoms with E-state index in [-0.39, 0.29) is 28.4 Å². The van der Waals surface area contributed by atoms with Crippen LogP contribution < -0.4 is 4.72 Å². The van der Waals surface area contributed by atoms with Crippen molar-refractivity contribution in [2.24, 2.45) is 0 Å². The molecular weight excluding hydrogens is 342 g/mol. The van der Waals surface area contributed by atoms with Crippen molar-refractivity contribution in [2.45, 2.75) is 17.1 Å². The van der Waals surface area contributed by atoms with Gasteiger partial charge in [-0.15, -0.1) is 0 Å². The Kier molecular flexibility index (Phi) is 5.74. The van der Waals surface area contributed by atoms with Crippen molar-refractivity contribution in [3.8, 4) is 0 Å². The average molecular weight is 356 g/mol. The van der Waals surface area contributed by atoms with Gasteiger partial charge in [0.15, 0.2) is 9.84 Å². The minimum absolute atomic E-state index is 0.0738. The number of halogens is 1. The van der Waals surface area contributed by atoms with E-state index in [9.17, 15) is 21.6 Å². The molecular formula is C11H14ClNO6S2. The molecule has 21 heavy (non-hydrogen) atoms. The van der Waals surface area contributed by atoms with E-state index in [1.807, 2.05) is 0 Å². The SMILES string of the molecule is CS(=O)(=O)Cc1ccc(Cl)cc1S(=O)(=O)NCCC(=O)O. The third-order valence-electron chi connectivity index (χ3n) is 2.37. The van der Waals surface area contributed by atoms with Crippen molar-refractivity contribution in [1.29, 1.82) is 0 Å². The van der Waals surface area contributed by atoms with Crippen LogP contribution in [-0.2, 0) is 30.4 Å². The molecule has 0 bridgehead atoms. The maximum absolute atomic E-state index is 12.1. The summed E-state index contributed by atoms with van der Waals surface area (Å²) in [5, 5.41) is 8.63. The van der Waals surface area contributed by atoms with E-state index < -0.39 is 31.6 Å². The zero-order valence-corrected chi connectivity index (χ0v) is 13.4. The Morgan fingerprint density at radius 1 is 1.29 bits per heavy atom. The normalized spacial score (nSPS) is 12.3. The average Bonchev–Trinajstić information content (AvgIpc) is 2.28. The minimum Gasteiger partial charge on any atom is -0.481 e. The summed E-state index contributed by atoms with van der Waals surface area (Å²) in [6, 6.07) is 3.83. The monoisotopic (exact) mass is 355 g/mol. The minimum atomic E-state index is -4.04. The maximum atomic E-state index is 12.1. The van der Waals surface area contributed by atoms with Crippen LogP contribution in [0, 0.1) is 0 Å². The van der Waals surface area contributed by atoms with E-state index >= 15 is 0 Å². The van der Waals surface area contributed by atoms with E-state index in [1.54, 1.807) is 0 Å². The number of nitrogens with one attached hydrogen (secondary N) is 1. The second-order valence-corrected chi connectivity index (χ2v) is 8.68. The molecule has 0 atom stereocenters. The lowest BCUT2D eigenvalue weighted by Gasteiger charge is -2.11. The number of aliphatic carboxylic acids is 1. The van der Waals surface area contributed by atoms with E-state index in [1.165, 1.54) is 12.1 Å². The highest BCUT2D eigenvalue weighted by molar-refractivity contribution is 7.90. The number of benzene rings is 1. The molecule has 0 aliphatic carbocycles. The second kappa shape index (κ2) is 6.73. The van der Waals surface area contributed by atoms with Crippen LogP contribution >= 0.6 is 11.6 Å². The van der Waals surface area contributed by atoms with E-state index in [0.717, 1.165) is 12.3 Å². The molecule has 0 saturated carbocycles. The van der Waals surface area contributed by atoms with Gasteiger partial charge in [-0.3, -0.25) is 4.79 Å². The van der Waals surface area contributed by atoms with Gasteiger partial charge in [-0.25, -0.2) is 21.6 Å². The molecule has 0 saturated heterocycles. The molecule has 0 radical (unpaired) electrons. The molecule has 1 rings (SSSR count). The Bertz CT molecular complexity index is 742. The number of rotatable bonds is 7. The lowest BCUT2D eigenvalue weighted by Crippen LogP contribution is -2.27. The standard InChI is InChI=1S/C11H14ClNO6S2/c1-20(16,17)7-8-2-3-9(12)6-10(8)21(18,19)13-5-4-11(14)15/h2-3,6,13H,4-5,7H2,1H3,(H,14,15). The fourth-order valence-electron chi connectivity index (χ4n) is 1.55. The van der Waals surface area contributed by atoms with Crippen LogP contribution in [0.15, 0.2) is 23.1 Å². The Morgan fingerprint density at radius 3 is 2.43 bits per heavy atom. The van der Waals surface area contributed by atoms with Crippen LogP contribution in [0.1, 0.15) is 12.0 Å². The number of carboxylic acid groups (broad SMARTS) is 1. The van der Waals surface area contributed by atoms with Gasteiger partial charge in [-0.1, -0.05) is 17.7 Å². The van der Waals surface area contributed by atoms with Gasteiger partial charge < -0.3 is 5.11 Å². The van der Waals surface area contributed by atoms with Gasteiger partial charge in [0.2, 0.25) is 10.0 Å². The van der Waals surface area contributed by atoms with E-state index in [2.05, 4.69) is 4.72 Å². The molecule has 1 aromatic rings. The summed E-state index contributed by atoms with van der Waals surface area (Å²) in [5.74, 6) is -1.61. The quantitative estimate of drug-likeness (QED) is 0.741. The van der Waals surface area contributed by atoms with E-state index in [0.29, 0.717) is 0 Å². The molecule has 0 unspecified atom stereocenters. The number of hydrogen-bond donors (Lipinski definition) is 2. The Hall–Kier alpha value is -1.16. The molecule has 0 heterocycles. The van der Waals surface area contributed by atoms with Crippen LogP contribution in [0.25, 0.3) is 0 Å². The maximum Gasteiger partial charge on any atom is 0.304 e. The summed E-state index contributed by atoms with van der Waals surface area (Å²) in [5.41, 5.74) is 0.0738. The first-order valence-corrected chi connectivity index (χ1v) is 9.61. The van der Waals surface area contributed by atoms with Crippen molar-refractivity contribution in [3.63, 3.8) is 0 Å². The van der Waals surface area contributed by atoms with Crippen LogP contribution in [0.3, 0.4) is 0 Å². The first-order chi connectivity index (χ1) is 9.51. The molecule has 0 aliphatic heterocycles. The molecule has 0 amide bonds. The number of sulfone groups is 1. The predicted molar refractivity (Wildman–Crippen MR) is 77.4 cm³/mol. The lowest BCUT2D eigenvalue weighted by atomic mass is 10.2. The lowest BCUT2D eigenvalue weighted by molar-refractivity contribution is -0.136. The molecule has 7 nitrogen and oxygen atoms in total. The van der Waals surface area contributed by atoms with Crippen LogP contribution in [0.5, 0.6) is 0 Å². The van der Waals surface area contributed by atoms with Gasteiger partial charge in [0.1, 0.15) is 0 Å². The molecule has 1 aromatic carbocycles. The van der Waals surface area contributed by atoms with Crippen molar-refractivity contribution in [1.82, 2.24) is 4.72 Å². The van der Waals surface area contributed by atoms with Crippen LogP contribution in [0.4, 0.5) is 0 Å². The predicted octanol–water partition coefficient (Wildman–Crippen LogP) is 0.638. The fourth-order valence-corrected chi connectivity index (χ4v) is 3.99. The van der Waals surface area contributed by atoms with Crippen molar-refractivity contribution >= 4 is 37.4 Å². The Labute approximate surface area is 127 Å². The number of carboxylic acids is 1. The molecule has 0 aliphatic rings. The molecule has 0 fully saturated rings. The summed E-state index contributed by atoms with van der Waals surface area (Å²) in [7, 11) is -7.48. The van der Waals surface area contributed by atoms with Gasteiger partial charge in [0.05, 0.1) is 17.1 Å². The third-order valence-corrected chi connectivity index (χ3v) is 4.98. The Morgan fingerprint density at radius 2 is 1.90 bits per heavy atom. The molecule has 0 aromatic heterocycles. The molecule has 10 heteroatoms. The van der Waals surface area contributed by atoms with Crippen LogP contribution in [0.2, 0.25) is 5.02 Å². The van der Waals surface area contributed by atoms with Gasteiger partial charge >= 0.3 is 5.97 Å². The fraction of sp³-hybridized carbons (Fsp3) is 0.364. The molecule has 0 spiro atoms.